The smallest absolute Gasteiger partial charge is 0.307 e. The SMILES string of the molecule is COc1ccc(CC(=O)O)cc1S(=O)(=O)N1CCNC(=O)C1C. The molecule has 9 heteroatoms. The number of carboxylic acids is 1. The minimum atomic E-state index is -3.99. The molecular weight excluding hydrogens is 324 g/mol. The number of methoxy groups -OCH3 is 1. The first-order valence-corrected chi connectivity index (χ1v) is 8.39. The van der Waals surface area contributed by atoms with Crippen LogP contribution in [0.4, 0.5) is 0 Å². The molecule has 1 fully saturated rings. The zero-order valence-corrected chi connectivity index (χ0v) is 13.6. The van der Waals surface area contributed by atoms with Crippen LogP contribution < -0.4 is 10.1 Å². The van der Waals surface area contributed by atoms with Gasteiger partial charge in [-0.3, -0.25) is 9.59 Å². The highest BCUT2D eigenvalue weighted by Gasteiger charge is 2.37. The van der Waals surface area contributed by atoms with Crippen LogP contribution in [-0.2, 0) is 26.0 Å². The molecule has 1 aromatic rings. The van der Waals surface area contributed by atoms with E-state index in [9.17, 15) is 18.0 Å². The predicted octanol–water partition coefficient (Wildman–Crippen LogP) is -0.169. The van der Waals surface area contributed by atoms with Gasteiger partial charge in [0.05, 0.1) is 13.5 Å². The first-order chi connectivity index (χ1) is 10.8. The van der Waals surface area contributed by atoms with E-state index in [1.54, 1.807) is 0 Å². The molecule has 0 spiro atoms. The predicted molar refractivity (Wildman–Crippen MR) is 80.7 cm³/mol. The van der Waals surface area contributed by atoms with E-state index in [-0.39, 0.29) is 36.1 Å². The van der Waals surface area contributed by atoms with E-state index in [0.29, 0.717) is 5.56 Å². The molecule has 8 nitrogen and oxygen atoms in total. The van der Waals surface area contributed by atoms with Gasteiger partial charge in [-0.15, -0.1) is 0 Å². The lowest BCUT2D eigenvalue weighted by atomic mass is 10.1. The third-order valence-corrected chi connectivity index (χ3v) is 5.60. The van der Waals surface area contributed by atoms with Gasteiger partial charge in [0.2, 0.25) is 15.9 Å². The largest absolute Gasteiger partial charge is 0.495 e. The maximum Gasteiger partial charge on any atom is 0.307 e. The Balaban J connectivity index is 2.49. The highest BCUT2D eigenvalue weighted by atomic mass is 32.2. The molecule has 0 saturated carbocycles. The quantitative estimate of drug-likeness (QED) is 0.768. The normalized spacial score (nSPS) is 19.2. The average molecular weight is 342 g/mol. The fraction of sp³-hybridized carbons (Fsp3) is 0.429. The maximum absolute atomic E-state index is 12.9. The molecule has 1 unspecified atom stereocenters. The van der Waals surface area contributed by atoms with Crippen LogP contribution in [0.5, 0.6) is 5.75 Å². The van der Waals surface area contributed by atoms with Crippen LogP contribution in [0.2, 0.25) is 0 Å². The lowest BCUT2D eigenvalue weighted by Gasteiger charge is -2.32. The summed E-state index contributed by atoms with van der Waals surface area (Å²) in [5.74, 6) is -1.33. The van der Waals surface area contributed by atoms with Crippen LogP contribution in [0.1, 0.15) is 12.5 Å². The van der Waals surface area contributed by atoms with Crippen molar-refractivity contribution in [3.63, 3.8) is 0 Å². The van der Waals surface area contributed by atoms with Crippen molar-refractivity contribution in [1.29, 1.82) is 0 Å². The first-order valence-electron chi connectivity index (χ1n) is 6.95. The number of amides is 1. The van der Waals surface area contributed by atoms with E-state index in [1.807, 2.05) is 0 Å². The number of carbonyl (C=O) groups excluding carboxylic acids is 1. The summed E-state index contributed by atoms with van der Waals surface area (Å²) in [5.41, 5.74) is 0.339. The lowest BCUT2D eigenvalue weighted by molar-refractivity contribution is -0.136. The van der Waals surface area contributed by atoms with Gasteiger partial charge in [-0.05, 0) is 24.6 Å². The molecule has 1 aliphatic rings. The van der Waals surface area contributed by atoms with Gasteiger partial charge in [0.1, 0.15) is 16.7 Å². The van der Waals surface area contributed by atoms with Crippen molar-refractivity contribution in [1.82, 2.24) is 9.62 Å². The van der Waals surface area contributed by atoms with Crippen LogP contribution in [0.3, 0.4) is 0 Å². The van der Waals surface area contributed by atoms with Crippen LogP contribution in [0.15, 0.2) is 23.1 Å². The minimum Gasteiger partial charge on any atom is -0.495 e. The molecule has 23 heavy (non-hydrogen) atoms. The summed E-state index contributed by atoms with van der Waals surface area (Å²) in [5, 5.41) is 11.5. The minimum absolute atomic E-state index is 0.109. The number of benzene rings is 1. The number of rotatable bonds is 5. The standard InChI is InChI=1S/C14H18N2O6S/c1-9-14(19)15-5-6-16(9)23(20,21)12-7-10(8-13(17)18)3-4-11(12)22-2/h3-4,7,9H,5-6,8H2,1-2H3,(H,15,19)(H,17,18). The van der Waals surface area contributed by atoms with Gasteiger partial charge in [-0.1, -0.05) is 6.07 Å². The molecular formula is C14H18N2O6S. The van der Waals surface area contributed by atoms with E-state index < -0.39 is 22.0 Å². The monoisotopic (exact) mass is 342 g/mol. The van der Waals surface area contributed by atoms with E-state index in [0.717, 1.165) is 4.31 Å². The van der Waals surface area contributed by atoms with Crippen molar-refractivity contribution in [2.24, 2.45) is 0 Å². The molecule has 0 radical (unpaired) electrons. The highest BCUT2D eigenvalue weighted by Crippen LogP contribution is 2.29. The van der Waals surface area contributed by atoms with Crippen LogP contribution in [-0.4, -0.2) is 55.9 Å². The van der Waals surface area contributed by atoms with Crippen molar-refractivity contribution < 1.29 is 27.9 Å². The molecule has 1 atom stereocenters. The van der Waals surface area contributed by atoms with Gasteiger partial charge in [0.25, 0.3) is 0 Å². The summed E-state index contributed by atoms with van der Waals surface area (Å²) >= 11 is 0. The number of hydrogen-bond acceptors (Lipinski definition) is 5. The molecule has 1 aromatic carbocycles. The Morgan fingerprint density at radius 1 is 1.48 bits per heavy atom. The van der Waals surface area contributed by atoms with Crippen LogP contribution >= 0.6 is 0 Å². The topological polar surface area (TPSA) is 113 Å². The Kier molecular flexibility index (Phi) is 4.90. The maximum atomic E-state index is 12.9. The number of nitrogens with one attached hydrogen (secondary N) is 1. The number of aliphatic carboxylic acids is 1. The van der Waals surface area contributed by atoms with E-state index in [2.05, 4.69) is 5.32 Å². The van der Waals surface area contributed by atoms with Gasteiger partial charge in [-0.2, -0.15) is 4.31 Å². The number of carbonyl (C=O) groups is 2. The zero-order valence-electron chi connectivity index (χ0n) is 12.8. The molecule has 1 heterocycles. The second-order valence-corrected chi connectivity index (χ2v) is 7.00. The Morgan fingerprint density at radius 3 is 2.78 bits per heavy atom. The van der Waals surface area contributed by atoms with Crippen molar-refractivity contribution in [3.05, 3.63) is 23.8 Å². The van der Waals surface area contributed by atoms with Gasteiger partial charge in [0, 0.05) is 13.1 Å². The number of hydrogen-bond donors (Lipinski definition) is 2. The van der Waals surface area contributed by atoms with Crippen molar-refractivity contribution >= 4 is 21.9 Å². The number of ether oxygens (including phenoxy) is 1. The Morgan fingerprint density at radius 2 is 2.17 bits per heavy atom. The molecule has 1 aliphatic heterocycles. The van der Waals surface area contributed by atoms with Crippen molar-refractivity contribution in [3.8, 4) is 5.75 Å². The van der Waals surface area contributed by atoms with E-state index in [4.69, 9.17) is 9.84 Å². The summed E-state index contributed by atoms with van der Waals surface area (Å²) in [6.45, 7) is 1.86. The van der Waals surface area contributed by atoms with Crippen LogP contribution in [0.25, 0.3) is 0 Å². The Bertz CT molecular complexity index is 731. The van der Waals surface area contributed by atoms with Crippen molar-refractivity contribution in [2.75, 3.05) is 20.2 Å². The summed E-state index contributed by atoms with van der Waals surface area (Å²) in [6.07, 6.45) is -0.303. The number of piperazine rings is 1. The highest BCUT2D eigenvalue weighted by molar-refractivity contribution is 7.89. The number of sulfonamides is 1. The van der Waals surface area contributed by atoms with E-state index in [1.165, 1.54) is 32.2 Å². The summed E-state index contributed by atoms with van der Waals surface area (Å²) in [4.78, 5) is 22.4. The molecule has 2 N–H and O–H groups in total. The molecule has 0 bridgehead atoms. The van der Waals surface area contributed by atoms with Crippen molar-refractivity contribution in [2.45, 2.75) is 24.3 Å². The Hall–Kier alpha value is -2.13. The molecule has 1 saturated heterocycles. The summed E-state index contributed by atoms with van der Waals surface area (Å²) in [7, 11) is -2.66. The molecule has 1 amide bonds. The fourth-order valence-corrected chi connectivity index (χ4v) is 4.23. The molecule has 0 aliphatic carbocycles. The van der Waals surface area contributed by atoms with Gasteiger partial charge >= 0.3 is 5.97 Å². The molecule has 0 aromatic heterocycles. The summed E-state index contributed by atoms with van der Waals surface area (Å²) < 4.78 is 31.9. The second kappa shape index (κ2) is 6.55. The van der Waals surface area contributed by atoms with Gasteiger partial charge in [-0.25, -0.2) is 8.42 Å². The lowest BCUT2D eigenvalue weighted by Crippen LogP contribution is -2.55. The van der Waals surface area contributed by atoms with Gasteiger partial charge in [0.15, 0.2) is 0 Å². The third-order valence-electron chi connectivity index (χ3n) is 3.61. The van der Waals surface area contributed by atoms with Crippen LogP contribution in [0, 0.1) is 0 Å². The zero-order chi connectivity index (χ0) is 17.2. The fourth-order valence-electron chi connectivity index (χ4n) is 2.42. The average Bonchev–Trinajstić information content (AvgIpc) is 2.49. The second-order valence-electron chi connectivity index (χ2n) is 5.14. The number of nitrogens with zero attached hydrogens (tertiary/aromatic N) is 1. The first kappa shape index (κ1) is 17.2. The third kappa shape index (κ3) is 3.45. The summed E-state index contributed by atoms with van der Waals surface area (Å²) in [6, 6.07) is 3.35. The number of carboxylic acid groups (broad SMARTS) is 1. The van der Waals surface area contributed by atoms with Gasteiger partial charge < -0.3 is 15.2 Å². The molecule has 126 valence electrons. The Labute approximate surface area is 134 Å². The van der Waals surface area contributed by atoms with E-state index >= 15 is 0 Å². The molecule has 2 rings (SSSR count).